The summed E-state index contributed by atoms with van der Waals surface area (Å²) in [7, 11) is 0. The van der Waals surface area contributed by atoms with E-state index < -0.39 is 0 Å². The van der Waals surface area contributed by atoms with Gasteiger partial charge in [0, 0.05) is 25.2 Å². The first kappa shape index (κ1) is 16.1. The van der Waals surface area contributed by atoms with E-state index in [1.807, 2.05) is 18.2 Å². The Morgan fingerprint density at radius 2 is 2.17 bits per heavy atom. The first-order chi connectivity index (χ1) is 11.3. The SMILES string of the molecule is CCNC(=NCc1ccccc1OC1CCC1)N1CC[C@@H](O)C1. The Morgan fingerprint density at radius 3 is 2.83 bits per heavy atom. The number of aliphatic imine (C=N–C) groups is 1. The molecule has 1 aliphatic heterocycles. The van der Waals surface area contributed by atoms with Crippen molar-refractivity contribution in [2.24, 2.45) is 4.99 Å². The van der Waals surface area contributed by atoms with E-state index in [0.717, 1.165) is 49.6 Å². The molecule has 23 heavy (non-hydrogen) atoms. The summed E-state index contributed by atoms with van der Waals surface area (Å²) in [5.74, 6) is 1.83. The normalized spacial score (nSPS) is 22.1. The number of aliphatic hydroxyl groups is 1. The minimum atomic E-state index is -0.243. The van der Waals surface area contributed by atoms with E-state index >= 15 is 0 Å². The van der Waals surface area contributed by atoms with Crippen LogP contribution >= 0.6 is 0 Å². The third kappa shape index (κ3) is 4.16. The lowest BCUT2D eigenvalue weighted by Crippen LogP contribution is -2.40. The molecule has 2 fully saturated rings. The number of benzene rings is 1. The number of nitrogens with one attached hydrogen (secondary N) is 1. The minimum absolute atomic E-state index is 0.243. The highest BCUT2D eigenvalue weighted by Gasteiger charge is 2.23. The van der Waals surface area contributed by atoms with Gasteiger partial charge < -0.3 is 20.1 Å². The zero-order valence-electron chi connectivity index (χ0n) is 13.9. The van der Waals surface area contributed by atoms with Crippen LogP contribution in [-0.4, -0.2) is 47.8 Å². The first-order valence-corrected chi connectivity index (χ1v) is 8.72. The Morgan fingerprint density at radius 1 is 1.35 bits per heavy atom. The number of nitrogens with zero attached hydrogens (tertiary/aromatic N) is 2. The number of hydrogen-bond donors (Lipinski definition) is 2. The van der Waals surface area contributed by atoms with E-state index in [-0.39, 0.29) is 6.10 Å². The lowest BCUT2D eigenvalue weighted by atomic mass is 9.96. The van der Waals surface area contributed by atoms with Gasteiger partial charge in [0.15, 0.2) is 5.96 Å². The zero-order valence-corrected chi connectivity index (χ0v) is 13.9. The van der Waals surface area contributed by atoms with Gasteiger partial charge >= 0.3 is 0 Å². The number of aliphatic hydroxyl groups excluding tert-OH is 1. The molecule has 0 spiro atoms. The molecule has 3 rings (SSSR count). The Bertz CT molecular complexity index is 543. The monoisotopic (exact) mass is 317 g/mol. The molecule has 0 unspecified atom stereocenters. The van der Waals surface area contributed by atoms with E-state index in [9.17, 15) is 5.11 Å². The maximum atomic E-state index is 9.73. The highest BCUT2D eigenvalue weighted by molar-refractivity contribution is 5.80. The van der Waals surface area contributed by atoms with Crippen molar-refractivity contribution < 1.29 is 9.84 Å². The summed E-state index contributed by atoms with van der Waals surface area (Å²) in [4.78, 5) is 6.88. The molecule has 1 aliphatic carbocycles. The highest BCUT2D eigenvalue weighted by Crippen LogP contribution is 2.28. The van der Waals surface area contributed by atoms with Crippen LogP contribution in [0.5, 0.6) is 5.75 Å². The van der Waals surface area contributed by atoms with Gasteiger partial charge in [-0.15, -0.1) is 0 Å². The summed E-state index contributed by atoms with van der Waals surface area (Å²) >= 11 is 0. The molecule has 2 N–H and O–H groups in total. The molecule has 0 radical (unpaired) electrons. The fraction of sp³-hybridized carbons (Fsp3) is 0.611. The topological polar surface area (TPSA) is 57.1 Å². The van der Waals surface area contributed by atoms with Crippen LogP contribution in [0.1, 0.15) is 38.2 Å². The smallest absolute Gasteiger partial charge is 0.194 e. The summed E-state index contributed by atoms with van der Waals surface area (Å²) in [5, 5.41) is 13.1. The Labute approximate surface area is 138 Å². The number of β-amino-alcohol motifs (C(OH)–C–C–N with tert-alkyl or cyclic N) is 1. The highest BCUT2D eigenvalue weighted by atomic mass is 16.5. The van der Waals surface area contributed by atoms with Crippen molar-refractivity contribution in [3.63, 3.8) is 0 Å². The average Bonchev–Trinajstić information content (AvgIpc) is 2.94. The molecule has 1 saturated heterocycles. The van der Waals surface area contributed by atoms with Gasteiger partial charge in [0.1, 0.15) is 5.75 Å². The molecule has 5 heteroatoms. The second-order valence-electron chi connectivity index (χ2n) is 6.34. The van der Waals surface area contributed by atoms with E-state index in [2.05, 4.69) is 23.2 Å². The second-order valence-corrected chi connectivity index (χ2v) is 6.34. The van der Waals surface area contributed by atoms with Crippen LogP contribution in [0.15, 0.2) is 29.3 Å². The van der Waals surface area contributed by atoms with Crippen molar-refractivity contribution in [2.45, 2.75) is 51.4 Å². The summed E-state index contributed by atoms with van der Waals surface area (Å²) < 4.78 is 6.07. The van der Waals surface area contributed by atoms with Crippen LogP contribution in [0, 0.1) is 0 Å². The summed E-state index contributed by atoms with van der Waals surface area (Å²) in [6, 6.07) is 8.17. The molecule has 1 atom stereocenters. The third-order valence-corrected chi connectivity index (χ3v) is 4.52. The standard InChI is InChI=1S/C18H27N3O2/c1-2-19-18(21-11-10-15(22)13-21)20-12-14-6-3-4-9-17(14)23-16-7-5-8-16/h3-4,6,9,15-16,22H,2,5,7-8,10-13H2,1H3,(H,19,20)/t15-/m1/s1. The Hall–Kier alpha value is -1.75. The van der Waals surface area contributed by atoms with Crippen LogP contribution in [0.25, 0.3) is 0 Å². The molecular weight excluding hydrogens is 290 g/mol. The quantitative estimate of drug-likeness (QED) is 0.645. The molecule has 1 aromatic rings. The number of hydrogen-bond acceptors (Lipinski definition) is 3. The van der Waals surface area contributed by atoms with Gasteiger partial charge in [-0.05, 0) is 38.7 Å². The van der Waals surface area contributed by atoms with Gasteiger partial charge in [-0.3, -0.25) is 0 Å². The van der Waals surface area contributed by atoms with Crippen LogP contribution in [0.4, 0.5) is 0 Å². The van der Waals surface area contributed by atoms with Gasteiger partial charge in [-0.1, -0.05) is 18.2 Å². The maximum Gasteiger partial charge on any atom is 0.194 e. The van der Waals surface area contributed by atoms with Crippen LogP contribution < -0.4 is 10.1 Å². The fourth-order valence-electron chi connectivity index (χ4n) is 2.94. The van der Waals surface area contributed by atoms with Gasteiger partial charge in [0.2, 0.25) is 0 Å². The molecule has 0 aromatic heterocycles. The van der Waals surface area contributed by atoms with Crippen LogP contribution in [0.2, 0.25) is 0 Å². The molecule has 126 valence electrons. The van der Waals surface area contributed by atoms with E-state index in [1.54, 1.807) is 0 Å². The van der Waals surface area contributed by atoms with Crippen LogP contribution in [0.3, 0.4) is 0 Å². The predicted octanol–water partition coefficient (Wildman–Crippen LogP) is 2.15. The van der Waals surface area contributed by atoms with Crippen molar-refractivity contribution in [3.05, 3.63) is 29.8 Å². The number of rotatable bonds is 5. The summed E-state index contributed by atoms with van der Waals surface area (Å²) in [6.45, 7) is 5.00. The molecule has 1 saturated carbocycles. The molecule has 2 aliphatic rings. The number of para-hydroxylation sites is 1. The molecule has 0 amide bonds. The van der Waals surface area contributed by atoms with E-state index in [4.69, 9.17) is 9.73 Å². The van der Waals surface area contributed by atoms with Gasteiger partial charge in [0.25, 0.3) is 0 Å². The van der Waals surface area contributed by atoms with Crippen molar-refractivity contribution >= 4 is 5.96 Å². The fourth-order valence-corrected chi connectivity index (χ4v) is 2.94. The Balaban J connectivity index is 1.68. The minimum Gasteiger partial charge on any atom is -0.490 e. The molecule has 0 bridgehead atoms. The lowest BCUT2D eigenvalue weighted by Gasteiger charge is -2.27. The maximum absolute atomic E-state index is 9.73. The average molecular weight is 317 g/mol. The lowest BCUT2D eigenvalue weighted by molar-refractivity contribution is 0.119. The molecular formula is C18H27N3O2. The summed E-state index contributed by atoms with van der Waals surface area (Å²) in [6.07, 6.45) is 4.53. The molecule has 1 heterocycles. The third-order valence-electron chi connectivity index (χ3n) is 4.52. The zero-order chi connectivity index (χ0) is 16.1. The number of guanidine groups is 1. The number of likely N-dealkylation sites (tertiary alicyclic amines) is 1. The van der Waals surface area contributed by atoms with Crippen LogP contribution in [-0.2, 0) is 6.54 Å². The first-order valence-electron chi connectivity index (χ1n) is 8.72. The number of ether oxygens (including phenoxy) is 1. The van der Waals surface area contributed by atoms with Crippen molar-refractivity contribution in [1.82, 2.24) is 10.2 Å². The van der Waals surface area contributed by atoms with Crippen molar-refractivity contribution in [2.75, 3.05) is 19.6 Å². The van der Waals surface area contributed by atoms with E-state index in [1.165, 1.54) is 6.42 Å². The predicted molar refractivity (Wildman–Crippen MR) is 91.7 cm³/mol. The van der Waals surface area contributed by atoms with Gasteiger partial charge in [-0.2, -0.15) is 0 Å². The molecule has 1 aromatic carbocycles. The van der Waals surface area contributed by atoms with Gasteiger partial charge in [0.05, 0.1) is 18.8 Å². The second kappa shape index (κ2) is 7.68. The molecule has 5 nitrogen and oxygen atoms in total. The Kier molecular flexibility index (Phi) is 5.39. The van der Waals surface area contributed by atoms with E-state index in [0.29, 0.717) is 19.2 Å². The summed E-state index contributed by atoms with van der Waals surface area (Å²) in [5.41, 5.74) is 1.12. The van der Waals surface area contributed by atoms with Gasteiger partial charge in [-0.25, -0.2) is 4.99 Å². The van der Waals surface area contributed by atoms with Crippen molar-refractivity contribution in [3.8, 4) is 5.75 Å². The van der Waals surface area contributed by atoms with Crippen molar-refractivity contribution in [1.29, 1.82) is 0 Å². The largest absolute Gasteiger partial charge is 0.490 e.